The standard InChI is InChI=1S/C19H17FN4O2S/c1-21-18-11-14(27(25,26)24-8-6-22-7-9-24)3-5-15(18)17-12-23-19-10-13(20)2-4-16(17)19/h2-5,10-12,22-23H,6-9H2. The predicted octanol–water partition coefficient (Wildman–Crippen LogP) is 3.12. The number of aromatic nitrogens is 1. The number of hydrogen-bond donors (Lipinski definition) is 2. The molecule has 0 bridgehead atoms. The van der Waals surface area contributed by atoms with Gasteiger partial charge in [0.05, 0.1) is 11.5 Å². The second-order valence-corrected chi connectivity index (χ2v) is 8.28. The molecule has 1 fully saturated rings. The Labute approximate surface area is 156 Å². The minimum Gasteiger partial charge on any atom is -0.361 e. The molecular weight excluding hydrogens is 367 g/mol. The molecule has 0 aliphatic carbocycles. The summed E-state index contributed by atoms with van der Waals surface area (Å²) >= 11 is 0. The molecule has 1 aliphatic heterocycles. The lowest BCUT2D eigenvalue weighted by atomic mass is 10.0. The van der Waals surface area contributed by atoms with Crippen LogP contribution in [0.1, 0.15) is 0 Å². The Morgan fingerprint density at radius 3 is 2.59 bits per heavy atom. The third-order valence-corrected chi connectivity index (χ3v) is 6.63. The van der Waals surface area contributed by atoms with Crippen LogP contribution in [0.2, 0.25) is 0 Å². The van der Waals surface area contributed by atoms with Gasteiger partial charge in [-0.1, -0.05) is 6.07 Å². The number of nitrogens with one attached hydrogen (secondary N) is 2. The number of nitrogens with zero attached hydrogens (tertiary/aromatic N) is 2. The van der Waals surface area contributed by atoms with Gasteiger partial charge in [-0.25, -0.2) is 17.7 Å². The van der Waals surface area contributed by atoms with Crippen LogP contribution in [0.25, 0.3) is 26.9 Å². The number of hydrogen-bond acceptors (Lipinski definition) is 3. The molecule has 0 amide bonds. The van der Waals surface area contributed by atoms with Crippen molar-refractivity contribution >= 4 is 26.6 Å². The molecule has 2 aromatic carbocycles. The lowest BCUT2D eigenvalue weighted by molar-refractivity contribution is 0.360. The average molecular weight is 384 g/mol. The highest BCUT2D eigenvalue weighted by Crippen LogP contribution is 2.37. The molecule has 0 saturated carbocycles. The van der Waals surface area contributed by atoms with Crippen LogP contribution in [0.3, 0.4) is 0 Å². The monoisotopic (exact) mass is 384 g/mol. The van der Waals surface area contributed by atoms with Gasteiger partial charge in [0.1, 0.15) is 5.82 Å². The Bertz CT molecular complexity index is 1160. The Morgan fingerprint density at radius 1 is 1.07 bits per heavy atom. The van der Waals surface area contributed by atoms with Gasteiger partial charge < -0.3 is 10.3 Å². The molecule has 1 aromatic heterocycles. The van der Waals surface area contributed by atoms with Crippen molar-refractivity contribution < 1.29 is 12.8 Å². The van der Waals surface area contributed by atoms with Crippen molar-refractivity contribution in [3.05, 3.63) is 59.8 Å². The maximum Gasteiger partial charge on any atom is 0.241 e. The summed E-state index contributed by atoms with van der Waals surface area (Å²) in [6, 6.07) is 9.00. The van der Waals surface area contributed by atoms with Gasteiger partial charge in [-0.15, -0.1) is 0 Å². The Kier molecular flexibility index (Phi) is 4.44. The van der Waals surface area contributed by atoms with Crippen LogP contribution < -0.4 is 5.32 Å². The summed E-state index contributed by atoms with van der Waals surface area (Å²) in [4.78, 5) is 6.65. The molecule has 4 rings (SSSR count). The fourth-order valence-electron chi connectivity index (χ4n) is 3.35. The maximum absolute atomic E-state index is 13.4. The van der Waals surface area contributed by atoms with E-state index < -0.39 is 10.0 Å². The lowest BCUT2D eigenvalue weighted by Crippen LogP contribution is -2.46. The van der Waals surface area contributed by atoms with Gasteiger partial charge in [0.15, 0.2) is 5.69 Å². The van der Waals surface area contributed by atoms with Gasteiger partial charge >= 0.3 is 0 Å². The number of rotatable bonds is 3. The van der Waals surface area contributed by atoms with Crippen LogP contribution in [0.4, 0.5) is 10.1 Å². The molecule has 1 saturated heterocycles. The summed E-state index contributed by atoms with van der Waals surface area (Å²) in [5.41, 5.74) is 2.22. The lowest BCUT2D eigenvalue weighted by Gasteiger charge is -2.26. The first-order chi connectivity index (χ1) is 13.0. The Morgan fingerprint density at radius 2 is 1.85 bits per heavy atom. The van der Waals surface area contributed by atoms with E-state index in [1.165, 1.54) is 28.6 Å². The molecule has 2 heterocycles. The number of benzene rings is 2. The van der Waals surface area contributed by atoms with Crippen molar-refractivity contribution in [2.75, 3.05) is 26.2 Å². The summed E-state index contributed by atoms with van der Waals surface area (Å²) in [7, 11) is -3.64. The second kappa shape index (κ2) is 6.78. The van der Waals surface area contributed by atoms with Gasteiger partial charge in [-0.3, -0.25) is 0 Å². The van der Waals surface area contributed by atoms with Crippen molar-refractivity contribution in [2.45, 2.75) is 4.90 Å². The summed E-state index contributed by atoms with van der Waals surface area (Å²) in [5.74, 6) is -0.348. The van der Waals surface area contributed by atoms with Crippen LogP contribution >= 0.6 is 0 Å². The molecular formula is C19H17FN4O2S. The summed E-state index contributed by atoms with van der Waals surface area (Å²) in [6.45, 7) is 9.55. The first-order valence-corrected chi connectivity index (χ1v) is 9.94. The van der Waals surface area contributed by atoms with Crippen molar-refractivity contribution in [1.82, 2.24) is 14.6 Å². The highest BCUT2D eigenvalue weighted by atomic mass is 32.2. The number of piperazine rings is 1. The SMILES string of the molecule is [C-]#[N+]c1cc(S(=O)(=O)N2CCNCC2)ccc1-c1c[nH]c2cc(F)ccc12. The van der Waals surface area contributed by atoms with Gasteiger partial charge in [0.2, 0.25) is 10.0 Å². The number of sulfonamides is 1. The third-order valence-electron chi connectivity index (χ3n) is 4.74. The van der Waals surface area contributed by atoms with E-state index in [1.54, 1.807) is 18.3 Å². The molecule has 138 valence electrons. The number of halogens is 1. The molecule has 8 heteroatoms. The number of fused-ring (bicyclic) bond motifs is 1. The van der Waals surface area contributed by atoms with Gasteiger partial charge in [-0.05, 0) is 41.5 Å². The molecule has 2 N–H and O–H groups in total. The van der Waals surface area contributed by atoms with Crippen LogP contribution in [0.15, 0.2) is 47.5 Å². The molecule has 0 spiro atoms. The molecule has 0 unspecified atom stereocenters. The van der Waals surface area contributed by atoms with E-state index in [0.717, 1.165) is 10.9 Å². The first-order valence-electron chi connectivity index (χ1n) is 8.50. The largest absolute Gasteiger partial charge is 0.361 e. The predicted molar refractivity (Wildman–Crippen MR) is 102 cm³/mol. The zero-order valence-corrected chi connectivity index (χ0v) is 15.2. The fraction of sp³-hybridized carbons (Fsp3) is 0.211. The normalized spacial score (nSPS) is 15.7. The average Bonchev–Trinajstić information content (AvgIpc) is 3.10. The Hall–Kier alpha value is -2.73. The third kappa shape index (κ3) is 3.10. The maximum atomic E-state index is 13.4. The van der Waals surface area contributed by atoms with E-state index in [4.69, 9.17) is 6.57 Å². The van der Waals surface area contributed by atoms with E-state index in [2.05, 4.69) is 15.1 Å². The van der Waals surface area contributed by atoms with Crippen molar-refractivity contribution in [2.24, 2.45) is 0 Å². The van der Waals surface area contributed by atoms with Crippen LogP contribution in [0, 0.1) is 12.4 Å². The molecule has 27 heavy (non-hydrogen) atoms. The van der Waals surface area contributed by atoms with Gasteiger partial charge in [0, 0.05) is 43.3 Å². The van der Waals surface area contributed by atoms with Crippen molar-refractivity contribution in [1.29, 1.82) is 0 Å². The first kappa shape index (κ1) is 17.7. The van der Waals surface area contributed by atoms with E-state index in [1.807, 2.05) is 0 Å². The van der Waals surface area contributed by atoms with E-state index in [0.29, 0.717) is 37.3 Å². The van der Waals surface area contributed by atoms with E-state index in [9.17, 15) is 12.8 Å². The van der Waals surface area contributed by atoms with Crippen LogP contribution in [0.5, 0.6) is 0 Å². The zero-order valence-electron chi connectivity index (χ0n) is 14.4. The summed E-state index contributed by atoms with van der Waals surface area (Å²) in [5, 5.41) is 3.90. The minimum absolute atomic E-state index is 0.116. The van der Waals surface area contributed by atoms with Crippen LogP contribution in [-0.2, 0) is 10.0 Å². The number of aromatic amines is 1. The summed E-state index contributed by atoms with van der Waals surface area (Å²) < 4.78 is 40.5. The topological polar surface area (TPSA) is 69.6 Å². The quantitative estimate of drug-likeness (QED) is 0.682. The number of H-pyrrole nitrogens is 1. The fourth-order valence-corrected chi connectivity index (χ4v) is 4.81. The highest BCUT2D eigenvalue weighted by molar-refractivity contribution is 7.89. The smallest absolute Gasteiger partial charge is 0.241 e. The zero-order chi connectivity index (χ0) is 19.0. The van der Waals surface area contributed by atoms with Gasteiger partial charge in [-0.2, -0.15) is 4.31 Å². The van der Waals surface area contributed by atoms with Gasteiger partial charge in [0.25, 0.3) is 0 Å². The minimum atomic E-state index is -3.64. The van der Waals surface area contributed by atoms with Crippen molar-refractivity contribution in [3.8, 4) is 11.1 Å². The highest BCUT2D eigenvalue weighted by Gasteiger charge is 2.26. The Balaban J connectivity index is 1.79. The molecule has 6 nitrogen and oxygen atoms in total. The van der Waals surface area contributed by atoms with E-state index >= 15 is 0 Å². The van der Waals surface area contributed by atoms with Crippen LogP contribution in [-0.4, -0.2) is 43.9 Å². The molecule has 3 aromatic rings. The molecule has 0 radical (unpaired) electrons. The van der Waals surface area contributed by atoms with Crippen molar-refractivity contribution in [3.63, 3.8) is 0 Å². The van der Waals surface area contributed by atoms with E-state index in [-0.39, 0.29) is 16.4 Å². The molecule has 1 aliphatic rings. The second-order valence-electron chi connectivity index (χ2n) is 6.34. The molecule has 0 atom stereocenters. The summed E-state index contributed by atoms with van der Waals surface area (Å²) in [6.07, 6.45) is 1.71.